The zero-order chi connectivity index (χ0) is 13.4. The van der Waals surface area contributed by atoms with E-state index in [9.17, 15) is 0 Å². The maximum atomic E-state index is 3.69. The molecule has 0 aliphatic heterocycles. The lowest BCUT2D eigenvalue weighted by Gasteiger charge is -2.43. The molecule has 1 aliphatic carbocycles. The van der Waals surface area contributed by atoms with Gasteiger partial charge in [0.05, 0.1) is 0 Å². The maximum absolute atomic E-state index is 3.69. The minimum Gasteiger partial charge on any atom is -0.316 e. The summed E-state index contributed by atoms with van der Waals surface area (Å²) in [5.41, 5.74) is 0.541. The van der Waals surface area contributed by atoms with Gasteiger partial charge in [-0.3, -0.25) is 0 Å². The highest BCUT2D eigenvalue weighted by Gasteiger charge is 2.35. The van der Waals surface area contributed by atoms with Crippen LogP contribution >= 0.6 is 0 Å². The SMILES string of the molecule is CCCNCC1(CN(CC)CC)CCCC(C)C1. The molecule has 1 rings (SSSR count). The number of hydrogen-bond donors (Lipinski definition) is 1. The van der Waals surface area contributed by atoms with Gasteiger partial charge in [-0.05, 0) is 50.2 Å². The van der Waals surface area contributed by atoms with Crippen molar-refractivity contribution in [3.05, 3.63) is 0 Å². The van der Waals surface area contributed by atoms with Crippen LogP contribution in [0, 0.1) is 11.3 Å². The second-order valence-electron chi connectivity index (χ2n) is 6.34. The molecule has 0 heterocycles. The van der Waals surface area contributed by atoms with Gasteiger partial charge in [0.15, 0.2) is 0 Å². The van der Waals surface area contributed by atoms with Gasteiger partial charge >= 0.3 is 0 Å². The molecule has 2 atom stereocenters. The Labute approximate surface area is 115 Å². The minimum absolute atomic E-state index is 0.541. The van der Waals surface area contributed by atoms with E-state index in [1.165, 1.54) is 64.8 Å². The Morgan fingerprint density at radius 2 is 1.94 bits per heavy atom. The number of hydrogen-bond acceptors (Lipinski definition) is 2. The summed E-state index contributed by atoms with van der Waals surface area (Å²) in [5.74, 6) is 0.915. The predicted octanol–water partition coefficient (Wildman–Crippen LogP) is 3.52. The average molecular weight is 254 g/mol. The largest absolute Gasteiger partial charge is 0.316 e. The number of nitrogens with zero attached hydrogens (tertiary/aromatic N) is 1. The van der Waals surface area contributed by atoms with Crippen LogP contribution in [0.4, 0.5) is 0 Å². The monoisotopic (exact) mass is 254 g/mol. The van der Waals surface area contributed by atoms with E-state index in [2.05, 4.69) is 37.9 Å². The highest BCUT2D eigenvalue weighted by atomic mass is 15.1. The van der Waals surface area contributed by atoms with Crippen LogP contribution in [0.2, 0.25) is 0 Å². The van der Waals surface area contributed by atoms with Crippen molar-refractivity contribution in [2.24, 2.45) is 11.3 Å². The van der Waals surface area contributed by atoms with Crippen molar-refractivity contribution < 1.29 is 0 Å². The normalized spacial score (nSPS) is 28.8. The fraction of sp³-hybridized carbons (Fsp3) is 1.00. The Hall–Kier alpha value is -0.0800. The minimum atomic E-state index is 0.541. The molecule has 18 heavy (non-hydrogen) atoms. The molecule has 108 valence electrons. The third kappa shape index (κ3) is 4.89. The molecule has 1 N–H and O–H groups in total. The van der Waals surface area contributed by atoms with E-state index in [0.29, 0.717) is 5.41 Å². The van der Waals surface area contributed by atoms with Gasteiger partial charge in [0.2, 0.25) is 0 Å². The van der Waals surface area contributed by atoms with Gasteiger partial charge in [0, 0.05) is 13.1 Å². The molecule has 2 unspecified atom stereocenters. The van der Waals surface area contributed by atoms with Gasteiger partial charge in [-0.1, -0.05) is 40.5 Å². The van der Waals surface area contributed by atoms with Crippen LogP contribution < -0.4 is 5.32 Å². The van der Waals surface area contributed by atoms with Gasteiger partial charge in [0.1, 0.15) is 0 Å². The quantitative estimate of drug-likeness (QED) is 0.667. The lowest BCUT2D eigenvalue weighted by atomic mass is 9.69. The van der Waals surface area contributed by atoms with Crippen molar-refractivity contribution in [1.29, 1.82) is 0 Å². The fourth-order valence-electron chi connectivity index (χ4n) is 3.58. The van der Waals surface area contributed by atoms with E-state index in [0.717, 1.165) is 5.92 Å². The van der Waals surface area contributed by atoms with Crippen molar-refractivity contribution in [2.75, 3.05) is 32.7 Å². The predicted molar refractivity (Wildman–Crippen MR) is 81.0 cm³/mol. The summed E-state index contributed by atoms with van der Waals surface area (Å²) in [6, 6.07) is 0. The topological polar surface area (TPSA) is 15.3 Å². The molecule has 0 saturated heterocycles. The molecule has 2 nitrogen and oxygen atoms in total. The number of nitrogens with one attached hydrogen (secondary N) is 1. The zero-order valence-electron chi connectivity index (χ0n) is 13.1. The summed E-state index contributed by atoms with van der Waals surface area (Å²) in [6.45, 7) is 15.4. The molecular formula is C16H34N2. The molecule has 1 fully saturated rings. The maximum Gasteiger partial charge on any atom is 0.00500 e. The van der Waals surface area contributed by atoms with Crippen molar-refractivity contribution in [3.63, 3.8) is 0 Å². The first-order chi connectivity index (χ1) is 8.65. The highest BCUT2D eigenvalue weighted by molar-refractivity contribution is 4.89. The van der Waals surface area contributed by atoms with Crippen LogP contribution in [0.25, 0.3) is 0 Å². The van der Waals surface area contributed by atoms with Gasteiger partial charge in [-0.15, -0.1) is 0 Å². The van der Waals surface area contributed by atoms with Gasteiger partial charge in [-0.2, -0.15) is 0 Å². The molecule has 0 aromatic heterocycles. The van der Waals surface area contributed by atoms with E-state index in [-0.39, 0.29) is 0 Å². The van der Waals surface area contributed by atoms with E-state index in [4.69, 9.17) is 0 Å². The van der Waals surface area contributed by atoms with E-state index in [1.807, 2.05) is 0 Å². The van der Waals surface area contributed by atoms with Crippen LogP contribution in [0.15, 0.2) is 0 Å². The summed E-state index contributed by atoms with van der Waals surface area (Å²) >= 11 is 0. The Bertz CT molecular complexity index is 213. The smallest absolute Gasteiger partial charge is 0.00500 e. The van der Waals surface area contributed by atoms with Gasteiger partial charge < -0.3 is 10.2 Å². The molecule has 0 aromatic carbocycles. The first-order valence-corrected chi connectivity index (χ1v) is 8.09. The van der Waals surface area contributed by atoms with Crippen molar-refractivity contribution in [1.82, 2.24) is 10.2 Å². The molecule has 0 amide bonds. The Morgan fingerprint density at radius 3 is 2.50 bits per heavy atom. The van der Waals surface area contributed by atoms with Crippen LogP contribution in [-0.4, -0.2) is 37.6 Å². The van der Waals surface area contributed by atoms with E-state index >= 15 is 0 Å². The molecule has 2 heteroatoms. The summed E-state index contributed by atoms with van der Waals surface area (Å²) < 4.78 is 0. The van der Waals surface area contributed by atoms with Crippen LogP contribution in [0.1, 0.15) is 59.8 Å². The summed E-state index contributed by atoms with van der Waals surface area (Å²) in [6.07, 6.45) is 6.95. The third-order valence-electron chi connectivity index (χ3n) is 4.57. The molecule has 1 saturated carbocycles. The average Bonchev–Trinajstić information content (AvgIpc) is 2.36. The van der Waals surface area contributed by atoms with Crippen LogP contribution in [0.3, 0.4) is 0 Å². The van der Waals surface area contributed by atoms with Gasteiger partial charge in [0.25, 0.3) is 0 Å². The second kappa shape index (κ2) is 8.16. The Balaban J connectivity index is 2.60. The lowest BCUT2D eigenvalue weighted by molar-refractivity contribution is 0.0850. The van der Waals surface area contributed by atoms with Crippen molar-refractivity contribution in [3.8, 4) is 0 Å². The molecular weight excluding hydrogens is 220 g/mol. The van der Waals surface area contributed by atoms with Crippen LogP contribution in [0.5, 0.6) is 0 Å². The highest BCUT2D eigenvalue weighted by Crippen LogP contribution is 2.39. The molecule has 0 bridgehead atoms. The Kier molecular flexibility index (Phi) is 7.25. The van der Waals surface area contributed by atoms with Crippen molar-refractivity contribution >= 4 is 0 Å². The number of rotatable bonds is 8. The molecule has 1 aliphatic rings. The summed E-state index contributed by atoms with van der Waals surface area (Å²) in [5, 5.41) is 3.69. The summed E-state index contributed by atoms with van der Waals surface area (Å²) in [4.78, 5) is 2.62. The zero-order valence-corrected chi connectivity index (χ0v) is 13.1. The van der Waals surface area contributed by atoms with E-state index < -0.39 is 0 Å². The summed E-state index contributed by atoms with van der Waals surface area (Å²) in [7, 11) is 0. The molecule has 0 radical (unpaired) electrons. The van der Waals surface area contributed by atoms with Gasteiger partial charge in [-0.25, -0.2) is 0 Å². The Morgan fingerprint density at radius 1 is 1.22 bits per heavy atom. The molecule has 0 spiro atoms. The first-order valence-electron chi connectivity index (χ1n) is 8.09. The first kappa shape index (κ1) is 16.0. The van der Waals surface area contributed by atoms with Crippen LogP contribution in [-0.2, 0) is 0 Å². The third-order valence-corrected chi connectivity index (χ3v) is 4.57. The van der Waals surface area contributed by atoms with Crippen molar-refractivity contribution in [2.45, 2.75) is 59.8 Å². The molecule has 0 aromatic rings. The lowest BCUT2D eigenvalue weighted by Crippen LogP contribution is -2.46. The standard InChI is InChI=1S/C16H34N2/c1-5-11-17-13-16(14-18(6-2)7-3)10-8-9-15(4)12-16/h15,17H,5-14H2,1-4H3. The fourth-order valence-corrected chi connectivity index (χ4v) is 3.58. The van der Waals surface area contributed by atoms with E-state index in [1.54, 1.807) is 0 Å². The second-order valence-corrected chi connectivity index (χ2v) is 6.34.